The Morgan fingerprint density at radius 2 is 1.78 bits per heavy atom. The predicted octanol–water partition coefficient (Wildman–Crippen LogP) is 5.39. The van der Waals surface area contributed by atoms with Crippen LogP contribution in [0.5, 0.6) is 11.5 Å². The first-order valence-corrected chi connectivity index (χ1v) is 12.3. The minimum atomic E-state index is -0.374. The van der Waals surface area contributed by atoms with E-state index >= 15 is 0 Å². The van der Waals surface area contributed by atoms with Crippen LogP contribution < -0.4 is 20.2 Å². The van der Waals surface area contributed by atoms with Crippen molar-refractivity contribution in [3.05, 3.63) is 86.9 Å². The Labute approximate surface area is 224 Å². The zero-order chi connectivity index (χ0) is 26.8. The second-order valence-corrected chi connectivity index (χ2v) is 9.15. The van der Waals surface area contributed by atoms with E-state index in [0.29, 0.717) is 33.7 Å². The molecule has 0 aliphatic rings. The van der Waals surface area contributed by atoms with Gasteiger partial charge in [0.2, 0.25) is 11.8 Å². The molecule has 3 aromatic rings. The zero-order valence-electron chi connectivity index (χ0n) is 20.8. The van der Waals surface area contributed by atoms with Gasteiger partial charge in [-0.15, -0.1) is 0 Å². The van der Waals surface area contributed by atoms with Crippen LogP contribution in [0.3, 0.4) is 0 Å². The third-order valence-electron chi connectivity index (χ3n) is 5.37. The topological polar surface area (TPSA) is 113 Å². The summed E-state index contributed by atoms with van der Waals surface area (Å²) in [6, 6.07) is 18.5. The van der Waals surface area contributed by atoms with Crippen molar-refractivity contribution in [1.29, 1.82) is 5.26 Å². The van der Waals surface area contributed by atoms with E-state index in [1.54, 1.807) is 24.3 Å². The summed E-state index contributed by atoms with van der Waals surface area (Å²) in [6.45, 7) is 4.16. The lowest BCUT2D eigenvalue weighted by Crippen LogP contribution is -2.21. The highest BCUT2D eigenvalue weighted by Gasteiger charge is 2.12. The molecule has 0 aliphatic carbocycles. The van der Waals surface area contributed by atoms with Gasteiger partial charge in [0.15, 0.2) is 11.5 Å². The second kappa shape index (κ2) is 13.2. The molecule has 0 saturated carbocycles. The van der Waals surface area contributed by atoms with Gasteiger partial charge in [0.25, 0.3) is 0 Å². The van der Waals surface area contributed by atoms with Crippen molar-refractivity contribution >= 4 is 39.6 Å². The van der Waals surface area contributed by atoms with Gasteiger partial charge in [0.05, 0.1) is 29.4 Å². The maximum Gasteiger partial charge on any atom is 0.240 e. The van der Waals surface area contributed by atoms with Gasteiger partial charge in [-0.05, 0) is 82.4 Å². The summed E-state index contributed by atoms with van der Waals surface area (Å²) in [5.74, 6) is 0.390. The lowest BCUT2D eigenvalue weighted by molar-refractivity contribution is -0.124. The summed E-state index contributed by atoms with van der Waals surface area (Å²) in [5, 5.41) is 15.7. The van der Waals surface area contributed by atoms with Gasteiger partial charge in [-0.3, -0.25) is 9.59 Å². The van der Waals surface area contributed by atoms with Crippen molar-refractivity contribution in [2.24, 2.45) is 5.10 Å². The Bertz CT molecular complexity index is 1350. The minimum absolute atomic E-state index is 0.00315. The number of carbonyl (C=O) groups is 2. The first-order chi connectivity index (χ1) is 17.8. The van der Waals surface area contributed by atoms with Crippen molar-refractivity contribution in [3.8, 4) is 17.6 Å². The number of rotatable bonds is 10. The van der Waals surface area contributed by atoms with E-state index in [4.69, 9.17) is 14.7 Å². The van der Waals surface area contributed by atoms with Gasteiger partial charge in [0.1, 0.15) is 6.61 Å². The van der Waals surface area contributed by atoms with E-state index in [1.165, 1.54) is 13.3 Å². The number of halogens is 1. The number of methoxy groups -OCH3 is 1. The Morgan fingerprint density at radius 3 is 2.49 bits per heavy atom. The van der Waals surface area contributed by atoms with Crippen molar-refractivity contribution in [3.63, 3.8) is 0 Å². The molecular weight excluding hydrogens is 536 g/mol. The average Bonchev–Trinajstić information content (AvgIpc) is 2.89. The Kier molecular flexibility index (Phi) is 9.81. The summed E-state index contributed by atoms with van der Waals surface area (Å²) < 4.78 is 12.0. The van der Waals surface area contributed by atoms with Gasteiger partial charge in [-0.25, -0.2) is 5.43 Å². The first-order valence-electron chi connectivity index (χ1n) is 11.5. The van der Waals surface area contributed by atoms with Crippen LogP contribution >= 0.6 is 15.9 Å². The molecule has 190 valence electrons. The van der Waals surface area contributed by atoms with Gasteiger partial charge < -0.3 is 14.8 Å². The molecular formula is C28H27BrN4O4. The molecule has 0 heterocycles. The van der Waals surface area contributed by atoms with Crippen LogP contribution in [0.25, 0.3) is 0 Å². The molecule has 3 aromatic carbocycles. The molecule has 2 N–H and O–H groups in total. The first kappa shape index (κ1) is 27.4. The molecule has 0 radical (unpaired) electrons. The zero-order valence-corrected chi connectivity index (χ0v) is 22.4. The Balaban J connectivity index is 1.52. The number of nitrogens with zero attached hydrogens (tertiary/aromatic N) is 2. The summed E-state index contributed by atoms with van der Waals surface area (Å²) >= 11 is 3.49. The summed E-state index contributed by atoms with van der Waals surface area (Å²) in [5.41, 5.74) is 7.34. The van der Waals surface area contributed by atoms with Crippen LogP contribution in [0.1, 0.15) is 40.7 Å². The van der Waals surface area contributed by atoms with E-state index < -0.39 is 0 Å². The SMILES string of the molecule is COc1cc(C=NNC(=O)CCC(=O)Nc2cc(C)ccc2C)cc(Br)c1OCc1ccc(C#N)cc1. The Hall–Kier alpha value is -4.16. The molecule has 0 aromatic heterocycles. The molecule has 9 heteroatoms. The van der Waals surface area contributed by atoms with Crippen LogP contribution in [0.15, 0.2) is 64.2 Å². The van der Waals surface area contributed by atoms with Crippen molar-refractivity contribution < 1.29 is 19.1 Å². The van der Waals surface area contributed by atoms with E-state index in [-0.39, 0.29) is 24.7 Å². The third-order valence-corrected chi connectivity index (χ3v) is 5.96. The summed E-state index contributed by atoms with van der Waals surface area (Å²) in [4.78, 5) is 24.4. The van der Waals surface area contributed by atoms with E-state index in [2.05, 4.69) is 37.8 Å². The highest BCUT2D eigenvalue weighted by molar-refractivity contribution is 9.10. The minimum Gasteiger partial charge on any atom is -0.493 e. The molecule has 8 nitrogen and oxygen atoms in total. The Morgan fingerprint density at radius 1 is 1.05 bits per heavy atom. The molecule has 0 bridgehead atoms. The normalized spacial score (nSPS) is 10.6. The summed E-state index contributed by atoms with van der Waals surface area (Å²) in [6.07, 6.45) is 1.52. The number of ether oxygens (including phenoxy) is 2. The molecule has 0 saturated heterocycles. The van der Waals surface area contributed by atoms with Crippen molar-refractivity contribution in [2.75, 3.05) is 12.4 Å². The number of hydrogen-bond acceptors (Lipinski definition) is 6. The molecule has 0 unspecified atom stereocenters. The van der Waals surface area contributed by atoms with Crippen molar-refractivity contribution in [1.82, 2.24) is 5.43 Å². The highest BCUT2D eigenvalue weighted by atomic mass is 79.9. The monoisotopic (exact) mass is 562 g/mol. The van der Waals surface area contributed by atoms with Gasteiger partial charge in [-0.2, -0.15) is 10.4 Å². The lowest BCUT2D eigenvalue weighted by atomic mass is 10.1. The number of carbonyl (C=O) groups excluding carboxylic acids is 2. The number of amides is 2. The van der Waals surface area contributed by atoms with Gasteiger partial charge in [-0.1, -0.05) is 24.3 Å². The molecule has 0 atom stereocenters. The van der Waals surface area contributed by atoms with Crippen LogP contribution in [-0.4, -0.2) is 25.1 Å². The fraction of sp³-hybridized carbons (Fsp3) is 0.214. The average molecular weight is 563 g/mol. The number of aryl methyl sites for hydroxylation is 2. The van der Waals surface area contributed by atoms with Gasteiger partial charge >= 0.3 is 0 Å². The maximum atomic E-state index is 12.2. The van der Waals surface area contributed by atoms with E-state index in [1.807, 2.05) is 44.2 Å². The number of benzene rings is 3. The molecule has 0 aliphatic heterocycles. The fourth-order valence-electron chi connectivity index (χ4n) is 3.33. The molecule has 0 spiro atoms. The van der Waals surface area contributed by atoms with Crippen LogP contribution in [0, 0.1) is 25.2 Å². The fourth-order valence-corrected chi connectivity index (χ4v) is 3.90. The number of hydrogen-bond donors (Lipinski definition) is 2. The molecule has 0 fully saturated rings. The highest BCUT2D eigenvalue weighted by Crippen LogP contribution is 2.36. The van der Waals surface area contributed by atoms with Crippen LogP contribution in [0.2, 0.25) is 0 Å². The number of nitriles is 1. The number of nitrogens with one attached hydrogen (secondary N) is 2. The van der Waals surface area contributed by atoms with E-state index in [9.17, 15) is 9.59 Å². The standard InChI is InChI=1S/C28H27BrN4O4/c1-18-4-5-19(2)24(12-18)32-26(34)10-11-27(35)33-31-16-22-13-23(29)28(25(14-22)36-3)37-17-21-8-6-20(15-30)7-9-21/h4-9,12-14,16H,10-11,17H2,1-3H3,(H,32,34)(H,33,35). The molecule has 2 amide bonds. The lowest BCUT2D eigenvalue weighted by Gasteiger charge is -2.13. The van der Waals surface area contributed by atoms with Gasteiger partial charge in [0, 0.05) is 18.5 Å². The second-order valence-electron chi connectivity index (χ2n) is 8.29. The quantitative estimate of drug-likeness (QED) is 0.254. The molecule has 3 rings (SSSR count). The van der Waals surface area contributed by atoms with Crippen LogP contribution in [-0.2, 0) is 16.2 Å². The number of anilines is 1. The third kappa shape index (κ3) is 8.19. The number of hydrazone groups is 1. The maximum absolute atomic E-state index is 12.2. The predicted molar refractivity (Wildman–Crippen MR) is 146 cm³/mol. The smallest absolute Gasteiger partial charge is 0.240 e. The summed E-state index contributed by atoms with van der Waals surface area (Å²) in [7, 11) is 1.53. The van der Waals surface area contributed by atoms with Crippen molar-refractivity contribution in [2.45, 2.75) is 33.3 Å². The van der Waals surface area contributed by atoms with E-state index in [0.717, 1.165) is 22.4 Å². The molecule has 37 heavy (non-hydrogen) atoms. The largest absolute Gasteiger partial charge is 0.493 e. The van der Waals surface area contributed by atoms with Crippen LogP contribution in [0.4, 0.5) is 5.69 Å².